The second-order valence-corrected chi connectivity index (χ2v) is 13.4. The molecule has 11 heteroatoms. The molecule has 0 aliphatic carbocycles. The Bertz CT molecular complexity index is 2320. The first-order valence-corrected chi connectivity index (χ1v) is 17.5. The number of hydrogen-bond acceptors (Lipinski definition) is 7. The van der Waals surface area contributed by atoms with Crippen molar-refractivity contribution in [1.82, 2.24) is 0 Å². The lowest BCUT2D eigenvalue weighted by Gasteiger charge is -2.26. The van der Waals surface area contributed by atoms with Gasteiger partial charge in [0, 0.05) is 51.0 Å². The summed E-state index contributed by atoms with van der Waals surface area (Å²) in [6, 6.07) is 31.4. The van der Waals surface area contributed by atoms with Gasteiger partial charge in [0.05, 0.1) is 5.56 Å². The molecular formula is C41H38F3N7S. The summed E-state index contributed by atoms with van der Waals surface area (Å²) in [5.74, 6) is -0.149. The largest absolute Gasteiger partial charge is 0.416 e. The van der Waals surface area contributed by atoms with Gasteiger partial charge in [-0.1, -0.05) is 36.4 Å². The summed E-state index contributed by atoms with van der Waals surface area (Å²) in [5, 5.41) is 12.4. The molecule has 52 heavy (non-hydrogen) atoms. The molecule has 0 unspecified atom stereocenters. The van der Waals surface area contributed by atoms with Gasteiger partial charge in [-0.2, -0.15) is 13.2 Å². The maximum Gasteiger partial charge on any atom is 0.416 e. The van der Waals surface area contributed by atoms with E-state index in [1.54, 1.807) is 23.9 Å². The Morgan fingerprint density at radius 1 is 0.692 bits per heavy atom. The number of amidine groups is 1. The minimum Gasteiger partial charge on any atom is -0.399 e. The van der Waals surface area contributed by atoms with Gasteiger partial charge in [0.2, 0.25) is 0 Å². The lowest BCUT2D eigenvalue weighted by molar-refractivity contribution is -0.137. The van der Waals surface area contributed by atoms with Crippen molar-refractivity contribution in [2.24, 2.45) is 5.73 Å². The van der Waals surface area contributed by atoms with Crippen molar-refractivity contribution >= 4 is 46.0 Å². The van der Waals surface area contributed by atoms with Gasteiger partial charge >= 0.3 is 6.18 Å². The van der Waals surface area contributed by atoms with E-state index in [1.807, 2.05) is 86.0 Å². The number of alkyl halides is 3. The first-order valence-electron chi connectivity index (χ1n) is 16.3. The smallest absolute Gasteiger partial charge is 0.399 e. The quantitative estimate of drug-likeness (QED) is 0.0338. The van der Waals surface area contributed by atoms with Crippen molar-refractivity contribution in [3.05, 3.63) is 131 Å². The molecule has 0 saturated heterocycles. The van der Waals surface area contributed by atoms with E-state index in [9.17, 15) is 13.2 Å². The fraction of sp³-hybridized carbons (Fsp3) is 0.0976. The highest BCUT2D eigenvalue weighted by Gasteiger charge is 2.30. The van der Waals surface area contributed by atoms with Crippen LogP contribution >= 0.6 is 11.8 Å². The molecule has 264 valence electrons. The summed E-state index contributed by atoms with van der Waals surface area (Å²) >= 11 is 1.54. The molecule has 6 aromatic rings. The van der Waals surface area contributed by atoms with Crippen molar-refractivity contribution in [1.29, 1.82) is 5.41 Å². The van der Waals surface area contributed by atoms with E-state index >= 15 is 0 Å². The van der Waals surface area contributed by atoms with Gasteiger partial charge in [0.25, 0.3) is 0 Å². The van der Waals surface area contributed by atoms with Crippen LogP contribution in [0.25, 0.3) is 44.5 Å². The fourth-order valence-electron chi connectivity index (χ4n) is 6.46. The van der Waals surface area contributed by atoms with E-state index < -0.39 is 11.7 Å². The lowest BCUT2D eigenvalue weighted by atomic mass is 9.79. The van der Waals surface area contributed by atoms with Gasteiger partial charge in [-0.3, -0.25) is 5.41 Å². The molecule has 0 radical (unpaired) electrons. The van der Waals surface area contributed by atoms with Crippen LogP contribution in [0.3, 0.4) is 0 Å². The Kier molecular flexibility index (Phi) is 9.81. The SMILES string of the molecule is CSc1ccc(N)cc1-c1c(C(=N)N)c(-c2cccc(N)c2C)cc(-c2cc(N)cc(NCc3ccc(C(F)(F)F)cc3)c2)c1-c1cccc(N)c1. The summed E-state index contributed by atoms with van der Waals surface area (Å²) in [5.41, 5.74) is 42.4. The van der Waals surface area contributed by atoms with Crippen molar-refractivity contribution in [2.45, 2.75) is 24.5 Å². The van der Waals surface area contributed by atoms with Gasteiger partial charge < -0.3 is 34.0 Å². The highest BCUT2D eigenvalue weighted by atomic mass is 32.2. The number of halogens is 3. The maximum atomic E-state index is 13.2. The van der Waals surface area contributed by atoms with Crippen LogP contribution in [0, 0.1) is 12.3 Å². The molecule has 0 aliphatic rings. The summed E-state index contributed by atoms with van der Waals surface area (Å²) in [7, 11) is 0. The molecule has 0 bridgehead atoms. The highest BCUT2D eigenvalue weighted by molar-refractivity contribution is 7.98. The number of benzene rings is 6. The van der Waals surface area contributed by atoms with Gasteiger partial charge in [-0.25, -0.2) is 0 Å². The Labute approximate surface area is 304 Å². The second kappa shape index (κ2) is 14.3. The number of anilines is 5. The monoisotopic (exact) mass is 717 g/mol. The lowest BCUT2D eigenvalue weighted by Crippen LogP contribution is -2.16. The first-order chi connectivity index (χ1) is 24.7. The van der Waals surface area contributed by atoms with Gasteiger partial charge in [-0.05, 0) is 136 Å². The van der Waals surface area contributed by atoms with Crippen LogP contribution in [0.4, 0.5) is 41.6 Å². The Balaban J connectivity index is 1.67. The van der Waals surface area contributed by atoms with Gasteiger partial charge in [0.1, 0.15) is 5.84 Å². The number of rotatable bonds is 9. The average molecular weight is 718 g/mol. The van der Waals surface area contributed by atoms with Gasteiger partial charge in [-0.15, -0.1) is 11.8 Å². The molecule has 6 rings (SSSR count). The van der Waals surface area contributed by atoms with Crippen LogP contribution in [0.15, 0.2) is 114 Å². The highest BCUT2D eigenvalue weighted by Crippen LogP contribution is 2.50. The summed E-state index contributed by atoms with van der Waals surface area (Å²) < 4.78 is 39.5. The van der Waals surface area contributed by atoms with Crippen LogP contribution in [0.1, 0.15) is 22.3 Å². The third-order valence-corrected chi connectivity index (χ3v) is 9.77. The zero-order valence-electron chi connectivity index (χ0n) is 28.5. The van der Waals surface area contributed by atoms with Crippen molar-refractivity contribution in [2.75, 3.05) is 34.5 Å². The van der Waals surface area contributed by atoms with E-state index in [1.165, 1.54) is 12.1 Å². The first kappa shape index (κ1) is 35.7. The molecule has 0 aromatic heterocycles. The predicted octanol–water partition coefficient (Wildman–Crippen LogP) is 9.63. The molecule has 0 amide bonds. The van der Waals surface area contributed by atoms with Crippen LogP contribution in [0.5, 0.6) is 0 Å². The van der Waals surface area contributed by atoms with E-state index in [0.29, 0.717) is 50.7 Å². The third-order valence-electron chi connectivity index (χ3n) is 8.97. The Hall–Kier alpha value is -6.07. The van der Waals surface area contributed by atoms with E-state index in [4.69, 9.17) is 34.1 Å². The van der Waals surface area contributed by atoms with Crippen molar-refractivity contribution < 1.29 is 13.2 Å². The predicted molar refractivity (Wildman–Crippen MR) is 212 cm³/mol. The zero-order valence-corrected chi connectivity index (χ0v) is 29.3. The minimum atomic E-state index is -4.42. The summed E-state index contributed by atoms with van der Waals surface area (Å²) in [6.07, 6.45) is -2.44. The Morgan fingerprint density at radius 3 is 2.06 bits per heavy atom. The van der Waals surface area contributed by atoms with E-state index in [0.717, 1.165) is 56.0 Å². The average Bonchev–Trinajstić information content (AvgIpc) is 3.10. The molecule has 0 spiro atoms. The molecule has 0 saturated carbocycles. The van der Waals surface area contributed by atoms with Crippen LogP contribution in [0.2, 0.25) is 0 Å². The summed E-state index contributed by atoms with van der Waals surface area (Å²) in [6.45, 7) is 2.18. The molecule has 0 heterocycles. The summed E-state index contributed by atoms with van der Waals surface area (Å²) in [4.78, 5) is 0.917. The normalized spacial score (nSPS) is 11.4. The molecule has 7 nitrogen and oxygen atoms in total. The van der Waals surface area contributed by atoms with Gasteiger partial charge in [0.15, 0.2) is 0 Å². The van der Waals surface area contributed by atoms with Crippen LogP contribution in [-0.4, -0.2) is 12.1 Å². The molecule has 12 N–H and O–H groups in total. The Morgan fingerprint density at radius 2 is 1.38 bits per heavy atom. The van der Waals surface area contributed by atoms with Crippen LogP contribution < -0.4 is 34.0 Å². The van der Waals surface area contributed by atoms with E-state index in [-0.39, 0.29) is 12.4 Å². The second-order valence-electron chi connectivity index (χ2n) is 12.5. The molecule has 0 aliphatic heterocycles. The zero-order chi connectivity index (χ0) is 37.3. The minimum absolute atomic E-state index is 0.149. The number of hydrogen-bond donors (Lipinski definition) is 7. The topological polar surface area (TPSA) is 166 Å². The maximum absolute atomic E-state index is 13.2. The van der Waals surface area contributed by atoms with Crippen molar-refractivity contribution in [3.63, 3.8) is 0 Å². The standard InChI is InChI=1S/C41H38F3N7S/c1-22-31(7-4-8-35(22)48)33-20-32(25-16-29(47)18-30(17-25)51-21-23-9-11-26(12-10-23)41(42,43)44)37(24-5-3-6-27(45)15-24)38(39(33)40(49)50)34-19-28(46)13-14-36(34)52-2/h3-20,51H,21,45-48H2,1-2H3,(H3,49,50). The molecule has 0 atom stereocenters. The molecule has 6 aromatic carbocycles. The number of thioether (sulfide) groups is 1. The third kappa shape index (κ3) is 7.22. The number of nitrogens with one attached hydrogen (secondary N) is 2. The fourth-order valence-corrected chi connectivity index (χ4v) is 7.04. The van der Waals surface area contributed by atoms with Crippen molar-refractivity contribution in [3.8, 4) is 44.5 Å². The molecular weight excluding hydrogens is 680 g/mol. The molecule has 0 fully saturated rings. The van der Waals surface area contributed by atoms with Crippen LogP contribution in [-0.2, 0) is 12.7 Å². The van der Waals surface area contributed by atoms with E-state index in [2.05, 4.69) is 5.32 Å². The number of nitrogen functional groups attached to an aromatic ring is 5. The number of nitrogens with two attached hydrogens (primary N) is 5.